The molecule has 0 spiro atoms. The van der Waals surface area contributed by atoms with Crippen molar-refractivity contribution >= 4 is 23.2 Å². The Bertz CT molecular complexity index is 484. The fourth-order valence-electron chi connectivity index (χ4n) is 2.67. The molecule has 1 N–H and O–H groups in total. The average molecular weight is 294 g/mol. The van der Waals surface area contributed by atoms with Gasteiger partial charge in [0.15, 0.2) is 0 Å². The first-order valence-electron chi connectivity index (χ1n) is 7.29. The molecule has 0 radical (unpaired) electrons. The Morgan fingerprint density at radius 1 is 1.50 bits per heavy atom. The standard InChI is InChI=1S/C15H22N2O2S/c1-3-11-7-9-20-13(11)10-16-15(19)12(4-2)17-8-5-6-14(17)18/h7,9,12H,3-6,8,10H2,1-2H3,(H,16,19)/t12-/m1/s1. The number of rotatable bonds is 6. The SMILES string of the molecule is CCc1ccsc1CNC(=O)[C@@H](CC)N1CCCC1=O. The molecule has 0 unspecified atom stereocenters. The molecule has 2 heterocycles. The van der Waals surface area contributed by atoms with E-state index in [0.717, 1.165) is 12.8 Å². The van der Waals surface area contributed by atoms with Gasteiger partial charge in [0.25, 0.3) is 0 Å². The lowest BCUT2D eigenvalue weighted by atomic mass is 10.1. The molecule has 20 heavy (non-hydrogen) atoms. The van der Waals surface area contributed by atoms with Crippen molar-refractivity contribution < 1.29 is 9.59 Å². The first-order chi connectivity index (χ1) is 9.67. The van der Waals surface area contributed by atoms with Crippen LogP contribution < -0.4 is 5.32 Å². The first kappa shape index (κ1) is 15.0. The molecule has 1 atom stereocenters. The Balaban J connectivity index is 1.94. The van der Waals surface area contributed by atoms with E-state index in [2.05, 4.69) is 23.7 Å². The Kier molecular flexibility index (Phi) is 5.17. The van der Waals surface area contributed by atoms with Gasteiger partial charge in [-0.25, -0.2) is 0 Å². The minimum atomic E-state index is -0.310. The van der Waals surface area contributed by atoms with Gasteiger partial charge >= 0.3 is 0 Å². The number of hydrogen-bond donors (Lipinski definition) is 1. The van der Waals surface area contributed by atoms with Crippen LogP contribution in [0.25, 0.3) is 0 Å². The van der Waals surface area contributed by atoms with Gasteiger partial charge in [0.05, 0.1) is 6.54 Å². The topological polar surface area (TPSA) is 49.4 Å². The normalized spacial score (nSPS) is 16.5. The van der Waals surface area contributed by atoms with E-state index in [1.54, 1.807) is 16.2 Å². The molecule has 1 aliphatic heterocycles. The molecule has 110 valence electrons. The minimum absolute atomic E-state index is 0.0294. The molecule has 0 bridgehead atoms. The summed E-state index contributed by atoms with van der Waals surface area (Å²) in [4.78, 5) is 27.0. The van der Waals surface area contributed by atoms with Gasteiger partial charge in [0, 0.05) is 17.8 Å². The molecule has 4 nitrogen and oxygen atoms in total. The Morgan fingerprint density at radius 2 is 2.30 bits per heavy atom. The predicted molar refractivity (Wildman–Crippen MR) is 80.6 cm³/mol. The smallest absolute Gasteiger partial charge is 0.243 e. The Morgan fingerprint density at radius 3 is 2.90 bits per heavy atom. The molecule has 2 rings (SSSR count). The van der Waals surface area contributed by atoms with Gasteiger partial charge in [-0.3, -0.25) is 9.59 Å². The number of hydrogen-bond acceptors (Lipinski definition) is 3. The predicted octanol–water partition coefficient (Wildman–Crippen LogP) is 2.33. The number of nitrogens with zero attached hydrogens (tertiary/aromatic N) is 1. The molecule has 0 saturated carbocycles. The van der Waals surface area contributed by atoms with Crippen molar-refractivity contribution in [2.75, 3.05) is 6.54 Å². The lowest BCUT2D eigenvalue weighted by Gasteiger charge is -2.25. The average Bonchev–Trinajstić information content (AvgIpc) is 3.06. The van der Waals surface area contributed by atoms with Gasteiger partial charge in [-0.15, -0.1) is 11.3 Å². The van der Waals surface area contributed by atoms with Crippen LogP contribution in [0.5, 0.6) is 0 Å². The van der Waals surface area contributed by atoms with E-state index in [4.69, 9.17) is 0 Å². The number of likely N-dealkylation sites (tertiary alicyclic amines) is 1. The van der Waals surface area contributed by atoms with Crippen molar-refractivity contribution in [1.29, 1.82) is 0 Å². The third-order valence-corrected chi connectivity index (χ3v) is 4.78. The summed E-state index contributed by atoms with van der Waals surface area (Å²) >= 11 is 1.67. The molecular formula is C15H22N2O2S. The molecule has 1 fully saturated rings. The number of thiophene rings is 1. The van der Waals surface area contributed by atoms with Crippen molar-refractivity contribution in [3.63, 3.8) is 0 Å². The van der Waals surface area contributed by atoms with Crippen LogP contribution in [0.1, 0.15) is 43.6 Å². The third-order valence-electron chi connectivity index (χ3n) is 3.82. The van der Waals surface area contributed by atoms with Crippen LogP contribution in [0.2, 0.25) is 0 Å². The fourth-order valence-corrected chi connectivity index (χ4v) is 3.58. The fraction of sp³-hybridized carbons (Fsp3) is 0.600. The maximum atomic E-state index is 12.3. The molecule has 0 aliphatic carbocycles. The number of carbonyl (C=O) groups is 2. The summed E-state index contributed by atoms with van der Waals surface area (Å²) in [7, 11) is 0. The zero-order valence-electron chi connectivity index (χ0n) is 12.1. The van der Waals surface area contributed by atoms with Crippen molar-refractivity contribution in [2.45, 2.75) is 52.1 Å². The molecule has 1 aromatic heterocycles. The maximum Gasteiger partial charge on any atom is 0.243 e. The number of carbonyl (C=O) groups excluding carboxylic acids is 2. The number of amides is 2. The molecule has 1 aromatic rings. The summed E-state index contributed by atoms with van der Waals surface area (Å²) in [6.07, 6.45) is 3.10. The van der Waals surface area contributed by atoms with Gasteiger partial charge in [-0.05, 0) is 36.3 Å². The van der Waals surface area contributed by atoms with Gasteiger partial charge in [-0.1, -0.05) is 13.8 Å². The highest BCUT2D eigenvalue weighted by atomic mass is 32.1. The lowest BCUT2D eigenvalue weighted by Crippen LogP contribution is -2.46. The van der Waals surface area contributed by atoms with Gasteiger partial charge in [0.2, 0.25) is 11.8 Å². The van der Waals surface area contributed by atoms with Gasteiger partial charge < -0.3 is 10.2 Å². The lowest BCUT2D eigenvalue weighted by molar-refractivity contribution is -0.137. The molecule has 0 aromatic carbocycles. The van der Waals surface area contributed by atoms with Crippen LogP contribution in [0.15, 0.2) is 11.4 Å². The first-order valence-corrected chi connectivity index (χ1v) is 8.17. The second-order valence-electron chi connectivity index (χ2n) is 5.06. The molecule has 5 heteroatoms. The number of aryl methyl sites for hydroxylation is 1. The number of nitrogens with one attached hydrogen (secondary N) is 1. The van der Waals surface area contributed by atoms with Crippen LogP contribution >= 0.6 is 11.3 Å². The van der Waals surface area contributed by atoms with Crippen molar-refractivity contribution in [3.8, 4) is 0 Å². The second-order valence-corrected chi connectivity index (χ2v) is 6.06. The monoisotopic (exact) mass is 294 g/mol. The molecular weight excluding hydrogens is 272 g/mol. The molecule has 2 amide bonds. The zero-order chi connectivity index (χ0) is 14.5. The summed E-state index contributed by atoms with van der Waals surface area (Å²) in [5.41, 5.74) is 1.29. The van der Waals surface area contributed by atoms with Crippen molar-refractivity contribution in [2.24, 2.45) is 0 Å². The third kappa shape index (κ3) is 3.20. The highest BCUT2D eigenvalue weighted by molar-refractivity contribution is 7.10. The van der Waals surface area contributed by atoms with Crippen LogP contribution in [0.4, 0.5) is 0 Å². The van der Waals surface area contributed by atoms with Crippen LogP contribution in [0.3, 0.4) is 0 Å². The highest BCUT2D eigenvalue weighted by Crippen LogP contribution is 2.18. The van der Waals surface area contributed by atoms with Gasteiger partial charge in [0.1, 0.15) is 6.04 Å². The summed E-state index contributed by atoms with van der Waals surface area (Å²) in [6.45, 7) is 5.35. The van der Waals surface area contributed by atoms with E-state index < -0.39 is 0 Å². The van der Waals surface area contributed by atoms with E-state index in [9.17, 15) is 9.59 Å². The molecule has 1 saturated heterocycles. The summed E-state index contributed by atoms with van der Waals surface area (Å²) in [5.74, 6) is 0.0792. The van der Waals surface area contributed by atoms with E-state index in [0.29, 0.717) is 25.9 Å². The summed E-state index contributed by atoms with van der Waals surface area (Å²) < 4.78 is 0. The van der Waals surface area contributed by atoms with E-state index in [1.807, 2.05) is 6.92 Å². The van der Waals surface area contributed by atoms with E-state index >= 15 is 0 Å². The summed E-state index contributed by atoms with van der Waals surface area (Å²) in [6, 6.07) is 1.79. The van der Waals surface area contributed by atoms with Crippen LogP contribution in [0, 0.1) is 0 Å². The van der Waals surface area contributed by atoms with Crippen molar-refractivity contribution in [3.05, 3.63) is 21.9 Å². The quantitative estimate of drug-likeness (QED) is 0.875. The van der Waals surface area contributed by atoms with E-state index in [-0.39, 0.29) is 17.9 Å². The Labute approximate surface area is 124 Å². The van der Waals surface area contributed by atoms with Crippen molar-refractivity contribution in [1.82, 2.24) is 10.2 Å². The van der Waals surface area contributed by atoms with Gasteiger partial charge in [-0.2, -0.15) is 0 Å². The maximum absolute atomic E-state index is 12.3. The van der Waals surface area contributed by atoms with Crippen LogP contribution in [-0.4, -0.2) is 29.3 Å². The Hall–Kier alpha value is -1.36. The second kappa shape index (κ2) is 6.88. The zero-order valence-corrected chi connectivity index (χ0v) is 13.0. The van der Waals surface area contributed by atoms with E-state index in [1.165, 1.54) is 10.4 Å². The minimum Gasteiger partial charge on any atom is -0.349 e. The largest absolute Gasteiger partial charge is 0.349 e. The summed E-state index contributed by atoms with van der Waals surface area (Å²) in [5, 5.41) is 5.04. The highest BCUT2D eigenvalue weighted by Gasteiger charge is 2.31. The van der Waals surface area contributed by atoms with Crippen LogP contribution in [-0.2, 0) is 22.6 Å². The molecule has 1 aliphatic rings.